The first-order chi connectivity index (χ1) is 9.42. The Kier molecular flexibility index (Phi) is 3.31. The first-order valence-corrected chi connectivity index (χ1v) is 6.19. The van der Waals surface area contributed by atoms with E-state index in [1.807, 2.05) is 24.7 Å². The lowest BCUT2D eigenvalue weighted by Crippen LogP contribution is -2.07. The molecule has 3 heterocycles. The Bertz CT molecular complexity index is 649. The molecule has 3 aromatic heterocycles. The van der Waals surface area contributed by atoms with E-state index < -0.39 is 0 Å². The molecule has 0 aliphatic carbocycles. The lowest BCUT2D eigenvalue weighted by atomic mass is 10.3. The van der Waals surface area contributed by atoms with Gasteiger partial charge in [0.1, 0.15) is 11.3 Å². The molecular weight excluding hydrogens is 240 g/mol. The van der Waals surface area contributed by atoms with E-state index in [4.69, 9.17) is 0 Å². The van der Waals surface area contributed by atoms with Crippen LogP contribution in [0, 0.1) is 0 Å². The predicted octanol–water partition coefficient (Wildman–Crippen LogP) is 1.72. The Balaban J connectivity index is 1.56. The number of hydrogen-bond acceptors (Lipinski definition) is 5. The molecule has 3 rings (SSSR count). The average Bonchev–Trinajstić information content (AvgIpc) is 2.97. The van der Waals surface area contributed by atoms with Crippen molar-refractivity contribution in [2.24, 2.45) is 0 Å². The molecule has 19 heavy (non-hydrogen) atoms. The van der Waals surface area contributed by atoms with E-state index in [0.717, 1.165) is 30.8 Å². The van der Waals surface area contributed by atoms with Crippen molar-refractivity contribution in [1.29, 1.82) is 0 Å². The van der Waals surface area contributed by atoms with Crippen molar-refractivity contribution in [1.82, 2.24) is 24.5 Å². The van der Waals surface area contributed by atoms with Gasteiger partial charge in [-0.15, -0.1) is 0 Å². The number of aryl methyl sites for hydroxylation is 1. The number of nitrogens with one attached hydrogen (secondary N) is 1. The second-order valence-electron chi connectivity index (χ2n) is 4.18. The van der Waals surface area contributed by atoms with Gasteiger partial charge in [-0.2, -0.15) is 0 Å². The van der Waals surface area contributed by atoms with Crippen LogP contribution in [0.4, 0.5) is 5.82 Å². The molecule has 0 aliphatic rings. The quantitative estimate of drug-likeness (QED) is 0.702. The molecule has 0 atom stereocenters. The van der Waals surface area contributed by atoms with Gasteiger partial charge in [-0.25, -0.2) is 15.0 Å². The summed E-state index contributed by atoms with van der Waals surface area (Å²) >= 11 is 0. The summed E-state index contributed by atoms with van der Waals surface area (Å²) in [5.41, 5.74) is 1.48. The minimum absolute atomic E-state index is 0.669. The van der Waals surface area contributed by atoms with Crippen LogP contribution in [0.2, 0.25) is 0 Å². The maximum atomic E-state index is 4.41. The van der Waals surface area contributed by atoms with E-state index in [-0.39, 0.29) is 0 Å². The second kappa shape index (κ2) is 5.43. The molecule has 0 spiro atoms. The minimum atomic E-state index is 0.669. The highest BCUT2D eigenvalue weighted by Crippen LogP contribution is 2.09. The maximum Gasteiger partial charge on any atom is 0.180 e. The summed E-state index contributed by atoms with van der Waals surface area (Å²) in [5, 5.41) is 3.29. The van der Waals surface area contributed by atoms with E-state index in [1.165, 1.54) is 0 Å². The molecule has 0 unspecified atom stereocenters. The molecule has 6 heteroatoms. The van der Waals surface area contributed by atoms with Gasteiger partial charge in [-0.1, -0.05) is 0 Å². The Morgan fingerprint density at radius 3 is 2.95 bits per heavy atom. The lowest BCUT2D eigenvalue weighted by Gasteiger charge is -2.06. The van der Waals surface area contributed by atoms with E-state index in [2.05, 4.69) is 29.8 Å². The Morgan fingerprint density at radius 1 is 1.11 bits per heavy atom. The molecule has 0 saturated carbocycles. The molecule has 0 saturated heterocycles. The summed E-state index contributed by atoms with van der Waals surface area (Å²) in [4.78, 5) is 16.8. The number of fused-ring (bicyclic) bond motifs is 1. The number of imidazole rings is 1. The third-order valence-corrected chi connectivity index (χ3v) is 2.79. The van der Waals surface area contributed by atoms with Crippen molar-refractivity contribution in [3.05, 3.63) is 43.2 Å². The van der Waals surface area contributed by atoms with Crippen LogP contribution in [0.1, 0.15) is 6.42 Å². The number of rotatable bonds is 5. The van der Waals surface area contributed by atoms with Crippen LogP contribution < -0.4 is 5.32 Å². The number of pyridine rings is 1. The first kappa shape index (κ1) is 11.6. The summed E-state index contributed by atoms with van der Waals surface area (Å²) < 4.78 is 2.06. The summed E-state index contributed by atoms with van der Waals surface area (Å²) in [6.45, 7) is 1.80. The van der Waals surface area contributed by atoms with Gasteiger partial charge in [0.25, 0.3) is 0 Å². The maximum absolute atomic E-state index is 4.41. The third-order valence-electron chi connectivity index (χ3n) is 2.79. The van der Waals surface area contributed by atoms with Crippen LogP contribution in [0.5, 0.6) is 0 Å². The fourth-order valence-electron chi connectivity index (χ4n) is 1.85. The molecule has 0 bridgehead atoms. The minimum Gasteiger partial charge on any atom is -0.370 e. The fraction of sp³-hybridized carbons (Fsp3) is 0.231. The van der Waals surface area contributed by atoms with Crippen LogP contribution in [0.3, 0.4) is 0 Å². The Labute approximate surface area is 110 Å². The summed E-state index contributed by atoms with van der Waals surface area (Å²) in [6.07, 6.45) is 9.90. The van der Waals surface area contributed by atoms with Gasteiger partial charge in [0.05, 0.1) is 6.33 Å². The zero-order valence-corrected chi connectivity index (χ0v) is 10.4. The van der Waals surface area contributed by atoms with E-state index in [1.54, 1.807) is 18.6 Å². The van der Waals surface area contributed by atoms with Gasteiger partial charge in [0.2, 0.25) is 0 Å². The van der Waals surface area contributed by atoms with E-state index in [9.17, 15) is 0 Å². The smallest absolute Gasteiger partial charge is 0.180 e. The van der Waals surface area contributed by atoms with Crippen molar-refractivity contribution in [2.75, 3.05) is 11.9 Å². The Morgan fingerprint density at radius 2 is 2.05 bits per heavy atom. The number of aromatic nitrogens is 5. The fourth-order valence-corrected chi connectivity index (χ4v) is 1.85. The molecule has 96 valence electrons. The second-order valence-corrected chi connectivity index (χ2v) is 4.18. The molecule has 0 aromatic carbocycles. The largest absolute Gasteiger partial charge is 0.370 e. The van der Waals surface area contributed by atoms with Gasteiger partial charge in [0.15, 0.2) is 5.65 Å². The Hall–Kier alpha value is -2.50. The standard InChI is InChI=1S/C13H14N6/c1(8-19-9-7-14-10-19)4-16-12-3-2-11-13(18-12)17-6-5-15-11/h2-3,5-7,9-10H,1,4,8H2,(H,16,17,18). The van der Waals surface area contributed by atoms with Gasteiger partial charge in [-0.05, 0) is 18.6 Å². The summed E-state index contributed by atoms with van der Waals surface area (Å²) in [6, 6.07) is 3.85. The van der Waals surface area contributed by atoms with Crippen molar-refractivity contribution < 1.29 is 0 Å². The van der Waals surface area contributed by atoms with Crippen molar-refractivity contribution in [3.8, 4) is 0 Å². The number of nitrogens with zero attached hydrogens (tertiary/aromatic N) is 5. The topological polar surface area (TPSA) is 68.5 Å². The van der Waals surface area contributed by atoms with Gasteiger partial charge < -0.3 is 9.88 Å². The number of hydrogen-bond donors (Lipinski definition) is 1. The number of anilines is 1. The van der Waals surface area contributed by atoms with Crippen LogP contribution in [-0.4, -0.2) is 31.0 Å². The van der Waals surface area contributed by atoms with Crippen molar-refractivity contribution in [2.45, 2.75) is 13.0 Å². The van der Waals surface area contributed by atoms with Gasteiger partial charge in [-0.3, -0.25) is 4.98 Å². The lowest BCUT2D eigenvalue weighted by molar-refractivity contribution is 0.660. The average molecular weight is 254 g/mol. The van der Waals surface area contributed by atoms with E-state index in [0.29, 0.717) is 5.65 Å². The molecule has 0 radical (unpaired) electrons. The summed E-state index contributed by atoms with van der Waals surface area (Å²) in [7, 11) is 0. The highest BCUT2D eigenvalue weighted by molar-refractivity contribution is 5.71. The zero-order chi connectivity index (χ0) is 12.9. The molecule has 0 fully saturated rings. The van der Waals surface area contributed by atoms with Crippen LogP contribution in [-0.2, 0) is 6.54 Å². The van der Waals surface area contributed by atoms with Crippen LogP contribution in [0.25, 0.3) is 11.2 Å². The summed E-state index contributed by atoms with van der Waals surface area (Å²) in [5.74, 6) is 0.832. The van der Waals surface area contributed by atoms with Crippen LogP contribution in [0.15, 0.2) is 43.2 Å². The molecule has 1 N–H and O–H groups in total. The zero-order valence-electron chi connectivity index (χ0n) is 10.4. The monoisotopic (exact) mass is 254 g/mol. The highest BCUT2D eigenvalue weighted by atomic mass is 15.0. The SMILES string of the molecule is c1cn(CCCNc2ccc3nccnc3n2)cn1. The van der Waals surface area contributed by atoms with Crippen molar-refractivity contribution >= 4 is 17.0 Å². The van der Waals surface area contributed by atoms with Gasteiger partial charge in [0, 0.05) is 37.9 Å². The molecule has 0 amide bonds. The molecule has 6 nitrogen and oxygen atoms in total. The van der Waals surface area contributed by atoms with E-state index >= 15 is 0 Å². The molecule has 3 aromatic rings. The van der Waals surface area contributed by atoms with Crippen LogP contribution >= 0.6 is 0 Å². The van der Waals surface area contributed by atoms with Crippen molar-refractivity contribution in [3.63, 3.8) is 0 Å². The third kappa shape index (κ3) is 2.85. The molecular formula is C13H14N6. The molecule has 0 aliphatic heterocycles. The normalized spacial score (nSPS) is 10.7. The first-order valence-electron chi connectivity index (χ1n) is 6.19. The predicted molar refractivity (Wildman–Crippen MR) is 72.7 cm³/mol. The highest BCUT2D eigenvalue weighted by Gasteiger charge is 1.99. The van der Waals surface area contributed by atoms with Gasteiger partial charge >= 0.3 is 0 Å².